The summed E-state index contributed by atoms with van der Waals surface area (Å²) in [6.07, 6.45) is 3.57. The quantitative estimate of drug-likeness (QED) is 0.256. The number of carbonyl (C=O) groups is 1. The molecule has 2 unspecified atom stereocenters. The average Bonchev–Trinajstić information content (AvgIpc) is 3.37. The standard InChI is InChI=1S/C30H32FN5OS/c1-21(35-19-9-4-10-20-35)28-33-34-30(36(28)25-17-15-24(31)16-18-25)38-22(2)29(37)32-27-14-8-7-13-26(27)23-11-5-3-6-12-23/h3,5-8,11-18,21-22H,4,9-10,19-20H2,1-2H3,(H,32,37). The Hall–Kier alpha value is -3.49. The molecule has 3 aromatic carbocycles. The number of hydrogen-bond donors (Lipinski definition) is 1. The van der Waals surface area contributed by atoms with E-state index in [4.69, 9.17) is 0 Å². The van der Waals surface area contributed by atoms with Crippen molar-refractivity contribution in [2.45, 2.75) is 49.6 Å². The summed E-state index contributed by atoms with van der Waals surface area (Å²) in [5.41, 5.74) is 3.54. The first-order valence-electron chi connectivity index (χ1n) is 13.1. The highest BCUT2D eigenvalue weighted by Crippen LogP contribution is 2.33. The first kappa shape index (κ1) is 26.1. The Bertz CT molecular complexity index is 1370. The van der Waals surface area contributed by atoms with Gasteiger partial charge in [0.2, 0.25) is 5.91 Å². The van der Waals surface area contributed by atoms with Crippen LogP contribution in [-0.4, -0.2) is 43.9 Å². The van der Waals surface area contributed by atoms with Gasteiger partial charge in [0.05, 0.1) is 11.3 Å². The van der Waals surface area contributed by atoms with Crippen molar-refractivity contribution in [1.29, 1.82) is 0 Å². The smallest absolute Gasteiger partial charge is 0.237 e. The number of para-hydroxylation sites is 1. The highest BCUT2D eigenvalue weighted by molar-refractivity contribution is 8.00. The fourth-order valence-corrected chi connectivity index (χ4v) is 5.71. The first-order valence-corrected chi connectivity index (χ1v) is 14.0. The van der Waals surface area contributed by atoms with E-state index in [1.54, 1.807) is 12.1 Å². The average molecular weight is 530 g/mol. The van der Waals surface area contributed by atoms with Gasteiger partial charge in [-0.15, -0.1) is 10.2 Å². The van der Waals surface area contributed by atoms with Crippen LogP contribution in [0.4, 0.5) is 10.1 Å². The van der Waals surface area contributed by atoms with Crippen molar-refractivity contribution in [3.05, 3.63) is 90.5 Å². The Morgan fingerprint density at radius 3 is 2.32 bits per heavy atom. The third kappa shape index (κ3) is 5.81. The molecule has 8 heteroatoms. The van der Waals surface area contributed by atoms with Gasteiger partial charge >= 0.3 is 0 Å². The third-order valence-corrected chi connectivity index (χ3v) is 8.02. The molecule has 4 aromatic rings. The molecular formula is C30H32FN5OS. The Balaban J connectivity index is 1.40. The van der Waals surface area contributed by atoms with Gasteiger partial charge in [-0.3, -0.25) is 14.3 Å². The van der Waals surface area contributed by atoms with Gasteiger partial charge in [-0.05, 0) is 75.7 Å². The number of carbonyl (C=O) groups excluding carboxylic acids is 1. The van der Waals surface area contributed by atoms with E-state index in [0.717, 1.165) is 54.3 Å². The van der Waals surface area contributed by atoms with E-state index in [9.17, 15) is 9.18 Å². The Morgan fingerprint density at radius 2 is 1.58 bits per heavy atom. The van der Waals surface area contributed by atoms with E-state index in [0.29, 0.717) is 5.16 Å². The monoisotopic (exact) mass is 529 g/mol. The van der Waals surface area contributed by atoms with Crippen molar-refractivity contribution in [3.63, 3.8) is 0 Å². The summed E-state index contributed by atoms with van der Waals surface area (Å²) in [6, 6.07) is 24.2. The maximum absolute atomic E-state index is 13.8. The molecule has 1 amide bonds. The molecule has 0 bridgehead atoms. The summed E-state index contributed by atoms with van der Waals surface area (Å²) >= 11 is 1.35. The van der Waals surface area contributed by atoms with E-state index < -0.39 is 5.25 Å². The van der Waals surface area contributed by atoms with Crippen LogP contribution in [0.25, 0.3) is 16.8 Å². The lowest BCUT2D eigenvalue weighted by atomic mass is 10.0. The molecule has 5 rings (SSSR count). The molecule has 196 valence electrons. The predicted octanol–water partition coefficient (Wildman–Crippen LogP) is 6.74. The number of rotatable bonds is 8. The topological polar surface area (TPSA) is 63.1 Å². The highest BCUT2D eigenvalue weighted by Gasteiger charge is 2.27. The zero-order valence-electron chi connectivity index (χ0n) is 21.7. The van der Waals surface area contributed by atoms with E-state index in [1.165, 1.54) is 30.3 Å². The van der Waals surface area contributed by atoms with Crippen LogP contribution in [0.2, 0.25) is 0 Å². The molecule has 1 N–H and O–H groups in total. The third-order valence-electron chi connectivity index (χ3n) is 6.98. The molecule has 1 aliphatic heterocycles. The van der Waals surface area contributed by atoms with Crippen LogP contribution in [0.5, 0.6) is 0 Å². The van der Waals surface area contributed by atoms with Crippen LogP contribution in [0.3, 0.4) is 0 Å². The summed E-state index contributed by atoms with van der Waals surface area (Å²) in [7, 11) is 0. The summed E-state index contributed by atoms with van der Waals surface area (Å²) in [5.74, 6) is 0.368. The summed E-state index contributed by atoms with van der Waals surface area (Å²) in [5, 5.41) is 12.3. The van der Waals surface area contributed by atoms with Crippen molar-refractivity contribution < 1.29 is 9.18 Å². The van der Waals surface area contributed by atoms with Gasteiger partial charge in [-0.25, -0.2) is 4.39 Å². The molecule has 0 saturated carbocycles. The fourth-order valence-electron chi connectivity index (χ4n) is 4.84. The van der Waals surface area contributed by atoms with Crippen molar-refractivity contribution in [2.75, 3.05) is 18.4 Å². The number of aromatic nitrogens is 3. The van der Waals surface area contributed by atoms with Gasteiger partial charge in [0, 0.05) is 16.9 Å². The van der Waals surface area contributed by atoms with Gasteiger partial charge in [-0.2, -0.15) is 0 Å². The lowest BCUT2D eigenvalue weighted by Crippen LogP contribution is -2.33. The van der Waals surface area contributed by atoms with E-state index in [1.807, 2.05) is 66.1 Å². The summed E-state index contributed by atoms with van der Waals surface area (Å²) in [4.78, 5) is 15.7. The molecule has 1 aromatic heterocycles. The number of thioether (sulfide) groups is 1. The van der Waals surface area contributed by atoms with Crippen LogP contribution in [-0.2, 0) is 4.79 Å². The van der Waals surface area contributed by atoms with Crippen molar-refractivity contribution in [1.82, 2.24) is 19.7 Å². The van der Waals surface area contributed by atoms with Gasteiger partial charge in [0.1, 0.15) is 5.82 Å². The first-order chi connectivity index (χ1) is 18.5. The SMILES string of the molecule is CC(Sc1nnc(C(C)N2CCCCC2)n1-c1ccc(F)cc1)C(=O)Nc1ccccc1-c1ccccc1. The Labute approximate surface area is 227 Å². The molecular weight excluding hydrogens is 497 g/mol. The molecule has 6 nitrogen and oxygen atoms in total. The second-order valence-corrected chi connectivity index (χ2v) is 10.9. The molecule has 0 spiro atoms. The Morgan fingerprint density at radius 1 is 0.895 bits per heavy atom. The molecule has 1 fully saturated rings. The Kier molecular flexibility index (Phi) is 8.20. The van der Waals surface area contributed by atoms with Crippen LogP contribution < -0.4 is 5.32 Å². The second kappa shape index (κ2) is 11.9. The zero-order chi connectivity index (χ0) is 26.5. The largest absolute Gasteiger partial charge is 0.325 e. The number of amides is 1. The van der Waals surface area contributed by atoms with Crippen LogP contribution in [0.1, 0.15) is 45.0 Å². The molecule has 2 heterocycles. The molecule has 1 aliphatic rings. The maximum Gasteiger partial charge on any atom is 0.237 e. The normalized spacial score (nSPS) is 15.7. The highest BCUT2D eigenvalue weighted by atomic mass is 32.2. The van der Waals surface area contributed by atoms with E-state index >= 15 is 0 Å². The minimum absolute atomic E-state index is 0.0454. The number of halogens is 1. The number of hydrogen-bond acceptors (Lipinski definition) is 5. The lowest BCUT2D eigenvalue weighted by molar-refractivity contribution is -0.115. The molecule has 1 saturated heterocycles. The molecule has 0 aliphatic carbocycles. The zero-order valence-corrected chi connectivity index (χ0v) is 22.5. The fraction of sp³-hybridized carbons (Fsp3) is 0.300. The summed E-state index contributed by atoms with van der Waals surface area (Å²) in [6.45, 7) is 6.03. The maximum atomic E-state index is 13.8. The minimum Gasteiger partial charge on any atom is -0.325 e. The van der Waals surface area contributed by atoms with Gasteiger partial charge in [0.25, 0.3) is 0 Å². The van der Waals surface area contributed by atoms with Crippen molar-refractivity contribution >= 4 is 23.4 Å². The van der Waals surface area contributed by atoms with E-state index in [2.05, 4.69) is 27.3 Å². The number of likely N-dealkylation sites (tertiary alicyclic amines) is 1. The lowest BCUT2D eigenvalue weighted by Gasteiger charge is -2.32. The predicted molar refractivity (Wildman–Crippen MR) is 151 cm³/mol. The van der Waals surface area contributed by atoms with Gasteiger partial charge in [-0.1, -0.05) is 66.7 Å². The van der Waals surface area contributed by atoms with E-state index in [-0.39, 0.29) is 17.8 Å². The van der Waals surface area contributed by atoms with Crippen LogP contribution in [0, 0.1) is 5.82 Å². The molecule has 38 heavy (non-hydrogen) atoms. The van der Waals surface area contributed by atoms with Crippen molar-refractivity contribution in [2.24, 2.45) is 0 Å². The second-order valence-electron chi connectivity index (χ2n) is 9.59. The van der Waals surface area contributed by atoms with Gasteiger partial charge < -0.3 is 5.32 Å². The van der Waals surface area contributed by atoms with Gasteiger partial charge in [0.15, 0.2) is 11.0 Å². The number of anilines is 1. The van der Waals surface area contributed by atoms with Crippen LogP contribution >= 0.6 is 11.8 Å². The number of nitrogens with one attached hydrogen (secondary N) is 1. The van der Waals surface area contributed by atoms with Crippen molar-refractivity contribution in [3.8, 4) is 16.8 Å². The number of piperidine rings is 1. The molecule has 2 atom stereocenters. The number of benzene rings is 3. The minimum atomic E-state index is -0.444. The molecule has 0 radical (unpaired) electrons. The summed E-state index contributed by atoms with van der Waals surface area (Å²) < 4.78 is 15.7. The number of nitrogens with zero attached hydrogens (tertiary/aromatic N) is 4. The van der Waals surface area contributed by atoms with Crippen LogP contribution in [0.15, 0.2) is 84.0 Å².